The number of aromatic nitrogens is 3. The van der Waals surface area contributed by atoms with Crippen LogP contribution >= 0.6 is 0 Å². The summed E-state index contributed by atoms with van der Waals surface area (Å²) in [5.41, 5.74) is 0.924. The zero-order valence-corrected chi connectivity index (χ0v) is 11.2. The molecule has 0 spiro atoms. The predicted octanol–water partition coefficient (Wildman–Crippen LogP) is 0.00260. The first-order valence-corrected chi connectivity index (χ1v) is 7.17. The second-order valence-corrected chi connectivity index (χ2v) is 5.61. The van der Waals surface area contributed by atoms with E-state index in [1.54, 1.807) is 18.5 Å². The summed E-state index contributed by atoms with van der Waals surface area (Å²) in [7, 11) is -1.79. The normalized spacial score (nSPS) is 11.6. The quantitative estimate of drug-likeness (QED) is 0.692. The third-order valence-corrected chi connectivity index (χ3v) is 3.75. The molecule has 0 aliphatic rings. The molecule has 2 aromatic rings. The van der Waals surface area contributed by atoms with Gasteiger partial charge in [0.1, 0.15) is 5.82 Å². The van der Waals surface area contributed by atoms with Gasteiger partial charge in [-0.05, 0) is 18.7 Å². The van der Waals surface area contributed by atoms with Crippen molar-refractivity contribution in [3.63, 3.8) is 0 Å². The van der Waals surface area contributed by atoms with Crippen LogP contribution in [0.4, 0.5) is 0 Å². The fraction of sp³-hybridized carbons (Fsp3) is 0.273. The Balaban J connectivity index is 2.06. The van der Waals surface area contributed by atoms with E-state index in [-0.39, 0.29) is 11.6 Å². The van der Waals surface area contributed by atoms with E-state index in [1.807, 2.05) is 7.05 Å². The lowest BCUT2D eigenvalue weighted by molar-refractivity contribution is 0.575. The van der Waals surface area contributed by atoms with Crippen molar-refractivity contribution in [2.45, 2.75) is 18.1 Å². The summed E-state index contributed by atoms with van der Waals surface area (Å²) in [6.45, 7) is 0.752. The number of H-pyrrole nitrogens is 1. The van der Waals surface area contributed by atoms with Gasteiger partial charge in [0.2, 0.25) is 0 Å². The van der Waals surface area contributed by atoms with Crippen LogP contribution in [0.1, 0.15) is 11.4 Å². The van der Waals surface area contributed by atoms with Gasteiger partial charge in [-0.3, -0.25) is 0 Å². The summed E-state index contributed by atoms with van der Waals surface area (Å²) in [4.78, 5) is 10.7. The first-order valence-electron chi connectivity index (χ1n) is 5.69. The monoisotopic (exact) mass is 281 g/mol. The lowest BCUT2D eigenvalue weighted by Gasteiger charge is -2.05. The van der Waals surface area contributed by atoms with E-state index in [0.717, 1.165) is 5.56 Å². The standard InChI is InChI=1S/C11H15N5O2S/c1-12-6-9-2-3-11(15-7-9)19(17,18)16-8-10-13-4-5-14-10/h2-5,7,12,16H,6,8H2,1H3,(H,13,14). The molecular formula is C11H15N5O2S. The molecule has 19 heavy (non-hydrogen) atoms. The van der Waals surface area contributed by atoms with Gasteiger partial charge < -0.3 is 10.3 Å². The van der Waals surface area contributed by atoms with Crippen LogP contribution in [-0.4, -0.2) is 30.4 Å². The Morgan fingerprint density at radius 3 is 2.68 bits per heavy atom. The van der Waals surface area contributed by atoms with Gasteiger partial charge in [-0.25, -0.2) is 23.1 Å². The van der Waals surface area contributed by atoms with Crippen LogP contribution in [0.3, 0.4) is 0 Å². The Labute approximate surface area is 111 Å². The number of imidazole rings is 1. The molecular weight excluding hydrogens is 266 g/mol. The second-order valence-electron chi connectivity index (χ2n) is 3.90. The van der Waals surface area contributed by atoms with E-state index in [4.69, 9.17) is 0 Å². The highest BCUT2D eigenvalue weighted by molar-refractivity contribution is 7.89. The minimum Gasteiger partial charge on any atom is -0.347 e. The van der Waals surface area contributed by atoms with Crippen molar-refractivity contribution < 1.29 is 8.42 Å². The molecule has 7 nitrogen and oxygen atoms in total. The minimum absolute atomic E-state index is 0.00101. The van der Waals surface area contributed by atoms with Gasteiger partial charge in [-0.15, -0.1) is 0 Å². The summed E-state index contributed by atoms with van der Waals surface area (Å²) in [5.74, 6) is 0.551. The summed E-state index contributed by atoms with van der Waals surface area (Å²) in [6, 6.07) is 3.21. The lowest BCUT2D eigenvalue weighted by Crippen LogP contribution is -2.24. The number of pyridine rings is 1. The maximum atomic E-state index is 12.0. The first kappa shape index (κ1) is 13.7. The number of nitrogens with one attached hydrogen (secondary N) is 3. The van der Waals surface area contributed by atoms with Gasteiger partial charge in [-0.2, -0.15) is 0 Å². The van der Waals surface area contributed by atoms with Gasteiger partial charge in [0.25, 0.3) is 10.0 Å². The molecule has 2 rings (SSSR count). The molecule has 3 N–H and O–H groups in total. The van der Waals surface area contributed by atoms with E-state index >= 15 is 0 Å². The highest BCUT2D eigenvalue weighted by Gasteiger charge is 2.15. The maximum absolute atomic E-state index is 12.0. The smallest absolute Gasteiger partial charge is 0.258 e. The fourth-order valence-electron chi connectivity index (χ4n) is 1.51. The Bertz CT molecular complexity index is 607. The third kappa shape index (κ3) is 3.60. The molecule has 0 aliphatic carbocycles. The number of aromatic amines is 1. The van der Waals surface area contributed by atoms with Crippen molar-refractivity contribution in [2.24, 2.45) is 0 Å². The molecule has 0 aliphatic heterocycles. The Hall–Kier alpha value is -1.77. The van der Waals surface area contributed by atoms with Crippen molar-refractivity contribution in [1.29, 1.82) is 0 Å². The number of hydrogen-bond acceptors (Lipinski definition) is 5. The number of hydrogen-bond donors (Lipinski definition) is 3. The zero-order valence-electron chi connectivity index (χ0n) is 10.4. The van der Waals surface area contributed by atoms with E-state index in [0.29, 0.717) is 12.4 Å². The van der Waals surface area contributed by atoms with Crippen molar-refractivity contribution in [3.05, 3.63) is 42.1 Å². The maximum Gasteiger partial charge on any atom is 0.258 e. The molecule has 8 heteroatoms. The van der Waals surface area contributed by atoms with Crippen molar-refractivity contribution in [1.82, 2.24) is 25.0 Å². The van der Waals surface area contributed by atoms with E-state index in [1.165, 1.54) is 12.3 Å². The van der Waals surface area contributed by atoms with Crippen LogP contribution in [-0.2, 0) is 23.1 Å². The first-order chi connectivity index (χ1) is 9.12. The molecule has 0 saturated heterocycles. The van der Waals surface area contributed by atoms with Gasteiger partial charge in [0, 0.05) is 25.1 Å². The number of sulfonamides is 1. The molecule has 0 unspecified atom stereocenters. The van der Waals surface area contributed by atoms with Crippen LogP contribution in [0.25, 0.3) is 0 Å². The molecule has 0 aromatic carbocycles. The topological polar surface area (TPSA) is 99.8 Å². The average molecular weight is 281 g/mol. The van der Waals surface area contributed by atoms with E-state index in [2.05, 4.69) is 25.0 Å². The Morgan fingerprint density at radius 1 is 1.26 bits per heavy atom. The van der Waals surface area contributed by atoms with Crippen LogP contribution in [0.5, 0.6) is 0 Å². The molecule has 0 radical (unpaired) electrons. The fourth-order valence-corrected chi connectivity index (χ4v) is 2.42. The molecule has 0 saturated carbocycles. The van der Waals surface area contributed by atoms with Crippen LogP contribution in [0.2, 0.25) is 0 Å². The highest BCUT2D eigenvalue weighted by Crippen LogP contribution is 2.07. The summed E-state index contributed by atoms with van der Waals surface area (Å²) < 4.78 is 26.4. The largest absolute Gasteiger partial charge is 0.347 e. The van der Waals surface area contributed by atoms with E-state index in [9.17, 15) is 8.42 Å². The minimum atomic E-state index is -3.61. The average Bonchev–Trinajstić information content (AvgIpc) is 2.91. The van der Waals surface area contributed by atoms with Crippen molar-refractivity contribution in [2.75, 3.05) is 7.05 Å². The zero-order chi connectivity index (χ0) is 13.7. The number of nitrogens with zero attached hydrogens (tertiary/aromatic N) is 2. The number of rotatable bonds is 6. The summed E-state index contributed by atoms with van der Waals surface area (Å²) >= 11 is 0. The van der Waals surface area contributed by atoms with Gasteiger partial charge in [0.15, 0.2) is 5.03 Å². The molecule has 0 bridgehead atoms. The van der Waals surface area contributed by atoms with Crippen LogP contribution < -0.4 is 10.0 Å². The van der Waals surface area contributed by atoms with Crippen LogP contribution in [0, 0.1) is 0 Å². The Morgan fingerprint density at radius 2 is 2.11 bits per heavy atom. The summed E-state index contributed by atoms with van der Waals surface area (Å²) in [6.07, 6.45) is 4.74. The third-order valence-electron chi connectivity index (χ3n) is 2.44. The molecule has 0 amide bonds. The predicted molar refractivity (Wildman–Crippen MR) is 69.6 cm³/mol. The lowest BCUT2D eigenvalue weighted by atomic mass is 10.3. The Kier molecular flexibility index (Phi) is 4.25. The van der Waals surface area contributed by atoms with E-state index < -0.39 is 10.0 Å². The van der Waals surface area contributed by atoms with Gasteiger partial charge >= 0.3 is 0 Å². The molecule has 0 fully saturated rings. The summed E-state index contributed by atoms with van der Waals surface area (Å²) in [5, 5.41) is 2.97. The van der Waals surface area contributed by atoms with Gasteiger partial charge in [-0.1, -0.05) is 6.07 Å². The van der Waals surface area contributed by atoms with Crippen molar-refractivity contribution >= 4 is 10.0 Å². The molecule has 102 valence electrons. The molecule has 2 heterocycles. The molecule has 0 atom stereocenters. The van der Waals surface area contributed by atoms with Crippen molar-refractivity contribution in [3.8, 4) is 0 Å². The van der Waals surface area contributed by atoms with Gasteiger partial charge in [0.05, 0.1) is 6.54 Å². The molecule has 2 aromatic heterocycles. The highest BCUT2D eigenvalue weighted by atomic mass is 32.2. The SMILES string of the molecule is CNCc1ccc(S(=O)(=O)NCc2ncc[nH]2)nc1. The second kappa shape index (κ2) is 5.91. The van der Waals surface area contributed by atoms with Crippen LogP contribution in [0.15, 0.2) is 35.7 Å².